The molecule has 0 saturated carbocycles. The first-order chi connectivity index (χ1) is 8.57. The Bertz CT molecular complexity index is 756. The average Bonchev–Trinajstić information content (AvgIpc) is 2.60. The highest BCUT2D eigenvalue weighted by Crippen LogP contribution is 2.44. The Hall–Kier alpha value is -2.37. The van der Waals surface area contributed by atoms with E-state index in [1.165, 1.54) is 12.1 Å². The van der Waals surface area contributed by atoms with Crippen LogP contribution in [-0.4, -0.2) is 8.42 Å². The summed E-state index contributed by atoms with van der Waals surface area (Å²) in [6, 6.07) is 9.88. The zero-order valence-electron chi connectivity index (χ0n) is 9.51. The van der Waals surface area contributed by atoms with Gasteiger partial charge in [0.05, 0.1) is 9.80 Å². The van der Waals surface area contributed by atoms with E-state index >= 15 is 0 Å². The van der Waals surface area contributed by atoms with Gasteiger partial charge in [0.25, 0.3) is 0 Å². The monoisotopic (exact) mass is 256 g/mol. The van der Waals surface area contributed by atoms with E-state index in [2.05, 4.69) is 0 Å². The van der Waals surface area contributed by atoms with Crippen LogP contribution < -0.4 is 0 Å². The van der Waals surface area contributed by atoms with Crippen LogP contribution in [0.25, 0.3) is 5.57 Å². The lowest BCUT2D eigenvalue weighted by molar-refractivity contribution is 0.604. The van der Waals surface area contributed by atoms with Gasteiger partial charge < -0.3 is 0 Å². The lowest BCUT2D eigenvalue weighted by Crippen LogP contribution is -1.97. The Kier molecular flexibility index (Phi) is 2.78. The molecule has 1 aromatic carbocycles. The number of allylic oxidation sites excluding steroid dienone is 3. The van der Waals surface area contributed by atoms with Crippen molar-refractivity contribution in [2.24, 2.45) is 0 Å². The predicted octanol–water partition coefficient (Wildman–Crippen LogP) is 2.18. The molecule has 0 N–H and O–H groups in total. The number of nitrogens with zero attached hydrogens (tertiary/aromatic N) is 2. The van der Waals surface area contributed by atoms with E-state index in [4.69, 9.17) is 10.5 Å². The van der Waals surface area contributed by atoms with Crippen molar-refractivity contribution in [2.45, 2.75) is 11.8 Å². The quantitative estimate of drug-likeness (QED) is 0.666. The van der Waals surface area contributed by atoms with Crippen LogP contribution >= 0.6 is 0 Å². The summed E-state index contributed by atoms with van der Waals surface area (Å²) < 4.78 is 24.5. The summed E-state index contributed by atoms with van der Waals surface area (Å²) in [5.74, 6) is 0. The van der Waals surface area contributed by atoms with Crippen LogP contribution in [0.15, 0.2) is 45.7 Å². The molecule has 18 heavy (non-hydrogen) atoms. The van der Waals surface area contributed by atoms with Crippen molar-refractivity contribution in [3.8, 4) is 12.1 Å². The van der Waals surface area contributed by atoms with E-state index in [1.807, 2.05) is 0 Å². The van der Waals surface area contributed by atoms with Gasteiger partial charge in [-0.25, -0.2) is 8.42 Å². The van der Waals surface area contributed by atoms with Crippen molar-refractivity contribution >= 4 is 15.4 Å². The molecule has 0 saturated heterocycles. The van der Waals surface area contributed by atoms with Gasteiger partial charge in [-0.3, -0.25) is 0 Å². The van der Waals surface area contributed by atoms with E-state index in [1.54, 1.807) is 37.3 Å². The Morgan fingerprint density at radius 2 is 1.83 bits per heavy atom. The highest BCUT2D eigenvalue weighted by Gasteiger charge is 2.37. The number of hydrogen-bond acceptors (Lipinski definition) is 4. The molecule has 0 bridgehead atoms. The maximum absolute atomic E-state index is 12.2. The first kappa shape index (κ1) is 12.1. The number of sulfone groups is 1. The second kappa shape index (κ2) is 4.14. The summed E-state index contributed by atoms with van der Waals surface area (Å²) in [5, 5.41) is 17.9. The zero-order valence-corrected chi connectivity index (χ0v) is 10.3. The predicted molar refractivity (Wildman–Crippen MR) is 65.5 cm³/mol. The van der Waals surface area contributed by atoms with Crippen molar-refractivity contribution in [3.63, 3.8) is 0 Å². The summed E-state index contributed by atoms with van der Waals surface area (Å²) in [7, 11) is -3.61. The number of nitriles is 2. The molecule has 0 aromatic heterocycles. The van der Waals surface area contributed by atoms with Gasteiger partial charge in [0.15, 0.2) is 0 Å². The van der Waals surface area contributed by atoms with Gasteiger partial charge >= 0.3 is 0 Å². The van der Waals surface area contributed by atoms with Crippen LogP contribution in [0.5, 0.6) is 0 Å². The molecular formula is C13H8N2O2S. The Morgan fingerprint density at radius 3 is 2.39 bits per heavy atom. The molecule has 0 fully saturated rings. The molecule has 1 aliphatic rings. The van der Waals surface area contributed by atoms with Gasteiger partial charge in [0, 0.05) is 11.1 Å². The number of rotatable bonds is 0. The van der Waals surface area contributed by atoms with Crippen LogP contribution in [-0.2, 0) is 9.84 Å². The number of hydrogen-bond donors (Lipinski definition) is 0. The van der Waals surface area contributed by atoms with Gasteiger partial charge in [-0.2, -0.15) is 10.5 Å². The Balaban J connectivity index is 3.00. The fraction of sp³-hybridized carbons (Fsp3) is 0.0769. The van der Waals surface area contributed by atoms with Crippen molar-refractivity contribution in [3.05, 3.63) is 46.4 Å². The molecule has 1 heterocycles. The van der Waals surface area contributed by atoms with Gasteiger partial charge in [0.1, 0.15) is 17.7 Å². The van der Waals surface area contributed by atoms with E-state index in [0.29, 0.717) is 5.56 Å². The second-order valence-corrected chi connectivity index (χ2v) is 5.51. The van der Waals surface area contributed by atoms with E-state index in [9.17, 15) is 8.42 Å². The topological polar surface area (TPSA) is 81.7 Å². The zero-order chi connectivity index (χ0) is 13.3. The van der Waals surface area contributed by atoms with Crippen molar-refractivity contribution < 1.29 is 8.42 Å². The van der Waals surface area contributed by atoms with Gasteiger partial charge in [0.2, 0.25) is 9.84 Å². The Morgan fingerprint density at radius 1 is 1.22 bits per heavy atom. The number of fused-ring (bicyclic) bond motifs is 1. The van der Waals surface area contributed by atoms with Crippen molar-refractivity contribution in [1.29, 1.82) is 10.5 Å². The lowest BCUT2D eigenvalue weighted by Gasteiger charge is -1.99. The maximum Gasteiger partial charge on any atom is 0.207 e. The molecule has 0 spiro atoms. The van der Waals surface area contributed by atoms with E-state index in [-0.39, 0.29) is 20.9 Å². The molecule has 5 heteroatoms. The fourth-order valence-electron chi connectivity index (χ4n) is 1.99. The molecule has 2 rings (SSSR count). The largest absolute Gasteiger partial charge is 0.218 e. The van der Waals surface area contributed by atoms with Crippen molar-refractivity contribution in [2.75, 3.05) is 0 Å². The summed E-state index contributed by atoms with van der Waals surface area (Å²) in [6.45, 7) is 1.57. The molecule has 0 amide bonds. The van der Waals surface area contributed by atoms with Crippen molar-refractivity contribution in [1.82, 2.24) is 0 Å². The minimum absolute atomic E-state index is 0.0294. The van der Waals surface area contributed by atoms with Gasteiger partial charge in [-0.15, -0.1) is 0 Å². The van der Waals surface area contributed by atoms with E-state index < -0.39 is 9.84 Å². The third-order valence-corrected chi connectivity index (χ3v) is 4.67. The first-order valence-corrected chi connectivity index (χ1v) is 6.62. The molecule has 0 atom stereocenters. The standard InChI is InChI=1S/C13H8N2O2S/c1-2-11-13(9(7-14)8-15)10-5-3-4-6-12(10)18(11,16)17/h2-6H,1H3/b11-2-. The lowest BCUT2D eigenvalue weighted by atomic mass is 10.0. The molecule has 0 radical (unpaired) electrons. The minimum atomic E-state index is -3.61. The molecule has 1 aliphatic heterocycles. The van der Waals surface area contributed by atoms with E-state index in [0.717, 1.165) is 0 Å². The fourth-order valence-corrected chi connectivity index (χ4v) is 3.73. The smallest absolute Gasteiger partial charge is 0.207 e. The third kappa shape index (κ3) is 1.46. The molecular weight excluding hydrogens is 248 g/mol. The minimum Gasteiger partial charge on any atom is -0.218 e. The third-order valence-electron chi connectivity index (χ3n) is 2.72. The highest BCUT2D eigenvalue weighted by atomic mass is 32.2. The first-order valence-electron chi connectivity index (χ1n) is 5.13. The van der Waals surface area contributed by atoms with Crippen LogP contribution in [0.1, 0.15) is 12.5 Å². The number of benzene rings is 1. The highest BCUT2D eigenvalue weighted by molar-refractivity contribution is 7.96. The average molecular weight is 256 g/mol. The van der Waals surface area contributed by atoms with Crippen LogP contribution in [0.4, 0.5) is 0 Å². The summed E-state index contributed by atoms with van der Waals surface area (Å²) >= 11 is 0. The molecule has 0 aliphatic carbocycles. The molecule has 1 aromatic rings. The molecule has 4 nitrogen and oxygen atoms in total. The molecule has 88 valence electrons. The van der Waals surface area contributed by atoms with Crippen LogP contribution in [0.3, 0.4) is 0 Å². The SMILES string of the molecule is C/C=C1/C(=C(C#N)C#N)c2ccccc2S1(=O)=O. The summed E-state index contributed by atoms with van der Waals surface area (Å²) in [6.07, 6.45) is 1.42. The second-order valence-electron chi connectivity index (χ2n) is 3.63. The maximum atomic E-state index is 12.2. The van der Waals surface area contributed by atoms with Gasteiger partial charge in [-0.05, 0) is 13.0 Å². The molecule has 0 unspecified atom stereocenters. The summed E-state index contributed by atoms with van der Waals surface area (Å²) in [4.78, 5) is 0.179. The van der Waals surface area contributed by atoms with Crippen LogP contribution in [0.2, 0.25) is 0 Å². The summed E-state index contributed by atoms with van der Waals surface area (Å²) in [5.41, 5.74) is 0.443. The normalized spacial score (nSPS) is 17.9. The Labute approximate surface area is 105 Å². The van der Waals surface area contributed by atoms with Crippen LogP contribution in [0, 0.1) is 22.7 Å². The van der Waals surface area contributed by atoms with Gasteiger partial charge in [-0.1, -0.05) is 24.3 Å².